The number of hydrogen-bond acceptors (Lipinski definition) is 8. The molecule has 2 atom stereocenters. The van der Waals surface area contributed by atoms with Crippen molar-refractivity contribution in [1.82, 2.24) is 0 Å². The van der Waals surface area contributed by atoms with Gasteiger partial charge in [-0.2, -0.15) is 0 Å². The van der Waals surface area contributed by atoms with Gasteiger partial charge in [-0.25, -0.2) is 4.57 Å². The lowest BCUT2D eigenvalue weighted by atomic mass is 10.0. The van der Waals surface area contributed by atoms with Gasteiger partial charge in [0.15, 0.2) is 6.10 Å². The van der Waals surface area contributed by atoms with E-state index in [1.165, 1.54) is 96.3 Å². The van der Waals surface area contributed by atoms with Gasteiger partial charge in [-0.15, -0.1) is 0 Å². The second-order valence-corrected chi connectivity index (χ2v) is 16.0. The number of carbonyl (C=O) groups is 2. The molecule has 0 bridgehead atoms. The van der Waals surface area contributed by atoms with E-state index >= 15 is 0 Å². The van der Waals surface area contributed by atoms with Crippen LogP contribution >= 0.6 is 7.82 Å². The summed E-state index contributed by atoms with van der Waals surface area (Å²) < 4.78 is 32.7. The monoisotopic (exact) mass is 784 g/mol. The maximum Gasteiger partial charge on any atom is 0.472 e. The molecule has 0 aliphatic carbocycles. The average molecular weight is 784 g/mol. The van der Waals surface area contributed by atoms with Crippen molar-refractivity contribution < 1.29 is 37.6 Å². The Labute approximate surface area is 331 Å². The van der Waals surface area contributed by atoms with Crippen LogP contribution in [-0.4, -0.2) is 49.3 Å². The minimum atomic E-state index is -4.38. The van der Waals surface area contributed by atoms with Gasteiger partial charge < -0.3 is 20.1 Å². The largest absolute Gasteiger partial charge is 0.472 e. The fourth-order valence-corrected chi connectivity index (χ4v) is 6.76. The lowest BCUT2D eigenvalue weighted by Gasteiger charge is -2.19. The number of phosphoric ester groups is 1. The zero-order valence-electron chi connectivity index (χ0n) is 34.7. The quantitative estimate of drug-likeness (QED) is 0.0269. The van der Waals surface area contributed by atoms with Gasteiger partial charge in [0.2, 0.25) is 0 Å². The van der Waals surface area contributed by atoms with Crippen LogP contribution in [0, 0.1) is 0 Å². The van der Waals surface area contributed by atoms with E-state index in [9.17, 15) is 19.0 Å². The number of nitrogens with two attached hydrogens (primary N) is 1. The second-order valence-electron chi connectivity index (χ2n) is 14.6. The second kappa shape index (κ2) is 40.9. The van der Waals surface area contributed by atoms with E-state index in [2.05, 4.69) is 50.3 Å². The fraction of sp³-hybridized carbons (Fsp3) is 0.818. The average Bonchev–Trinajstić information content (AvgIpc) is 3.16. The Kier molecular flexibility index (Phi) is 39.5. The Morgan fingerprint density at radius 2 is 0.963 bits per heavy atom. The first-order valence-electron chi connectivity index (χ1n) is 22.0. The predicted molar refractivity (Wildman–Crippen MR) is 224 cm³/mol. The Balaban J connectivity index is 4.15. The molecule has 0 aromatic carbocycles. The molecule has 0 saturated carbocycles. The highest BCUT2D eigenvalue weighted by atomic mass is 31.2. The molecule has 2 unspecified atom stereocenters. The summed E-state index contributed by atoms with van der Waals surface area (Å²) in [6.07, 6.45) is 44.6. The third-order valence-electron chi connectivity index (χ3n) is 9.28. The fourth-order valence-electron chi connectivity index (χ4n) is 5.99. The highest BCUT2D eigenvalue weighted by Crippen LogP contribution is 2.43. The van der Waals surface area contributed by atoms with Gasteiger partial charge in [0.25, 0.3) is 0 Å². The van der Waals surface area contributed by atoms with Crippen LogP contribution in [0.1, 0.15) is 200 Å². The first-order chi connectivity index (χ1) is 26.3. The molecule has 0 aromatic rings. The van der Waals surface area contributed by atoms with Crippen LogP contribution in [-0.2, 0) is 32.7 Å². The maximum absolute atomic E-state index is 12.6. The molecule has 9 nitrogen and oxygen atoms in total. The van der Waals surface area contributed by atoms with Gasteiger partial charge in [-0.1, -0.05) is 172 Å². The Bertz CT molecular complexity index is 986. The minimum absolute atomic E-state index is 0.0513. The smallest absolute Gasteiger partial charge is 0.462 e. The third kappa shape index (κ3) is 39.9. The lowest BCUT2D eigenvalue weighted by Crippen LogP contribution is -2.29. The number of rotatable bonds is 41. The van der Waals surface area contributed by atoms with Crippen LogP contribution in [0.25, 0.3) is 0 Å². The van der Waals surface area contributed by atoms with E-state index in [0.717, 1.165) is 70.6 Å². The number of allylic oxidation sites excluding steroid dienone is 6. The molecule has 0 fully saturated rings. The summed E-state index contributed by atoms with van der Waals surface area (Å²) >= 11 is 0. The van der Waals surface area contributed by atoms with Crippen molar-refractivity contribution in [2.24, 2.45) is 5.73 Å². The SMILES string of the molecule is CCCCCCC/C=C\C/C=C\C/C=C\CCCCCCCCC(=O)OC(COC(=O)CCCCCCCCCCCCCC)COP(=O)(O)OCCN. The minimum Gasteiger partial charge on any atom is -0.462 e. The molecule has 54 heavy (non-hydrogen) atoms. The van der Waals surface area contributed by atoms with Crippen LogP contribution in [0.3, 0.4) is 0 Å². The number of ether oxygens (including phenoxy) is 2. The van der Waals surface area contributed by atoms with Gasteiger partial charge in [0.1, 0.15) is 6.61 Å². The van der Waals surface area contributed by atoms with Crippen LogP contribution < -0.4 is 5.73 Å². The molecule has 10 heteroatoms. The van der Waals surface area contributed by atoms with Gasteiger partial charge in [0.05, 0.1) is 13.2 Å². The molecule has 316 valence electrons. The summed E-state index contributed by atoms with van der Waals surface area (Å²) in [4.78, 5) is 34.8. The number of unbranched alkanes of at least 4 members (excludes halogenated alkanes) is 22. The Morgan fingerprint density at radius 1 is 0.556 bits per heavy atom. The summed E-state index contributed by atoms with van der Waals surface area (Å²) in [5, 5.41) is 0. The molecule has 0 aromatic heterocycles. The van der Waals surface area contributed by atoms with Gasteiger partial charge in [-0.05, 0) is 51.4 Å². The zero-order chi connectivity index (χ0) is 39.6. The molecule has 3 N–H and O–H groups in total. The predicted octanol–water partition coefficient (Wildman–Crippen LogP) is 12.6. The van der Waals surface area contributed by atoms with E-state index in [-0.39, 0.29) is 38.6 Å². The summed E-state index contributed by atoms with van der Waals surface area (Å²) in [5.74, 6) is -0.840. The molecule has 0 saturated heterocycles. The Morgan fingerprint density at radius 3 is 1.43 bits per heavy atom. The van der Waals surface area contributed by atoms with E-state index in [0.29, 0.717) is 6.42 Å². The van der Waals surface area contributed by atoms with E-state index in [4.69, 9.17) is 24.3 Å². The number of esters is 2. The number of phosphoric acid groups is 1. The summed E-state index contributed by atoms with van der Waals surface area (Å²) in [6, 6.07) is 0. The van der Waals surface area contributed by atoms with Crippen molar-refractivity contribution >= 4 is 19.8 Å². The maximum atomic E-state index is 12.6. The van der Waals surface area contributed by atoms with Crippen molar-refractivity contribution in [3.63, 3.8) is 0 Å². The van der Waals surface area contributed by atoms with Gasteiger partial charge in [-0.3, -0.25) is 18.6 Å². The third-order valence-corrected chi connectivity index (χ3v) is 10.3. The first-order valence-corrected chi connectivity index (χ1v) is 23.5. The van der Waals surface area contributed by atoms with Crippen LogP contribution in [0.15, 0.2) is 36.5 Å². The summed E-state index contributed by atoms with van der Waals surface area (Å²) in [6.45, 7) is 3.71. The van der Waals surface area contributed by atoms with Crippen LogP contribution in [0.2, 0.25) is 0 Å². The number of hydrogen-bond donors (Lipinski definition) is 2. The van der Waals surface area contributed by atoms with Crippen molar-refractivity contribution in [3.05, 3.63) is 36.5 Å². The Hall–Kier alpha value is -1.77. The first kappa shape index (κ1) is 52.2. The topological polar surface area (TPSA) is 134 Å². The van der Waals surface area contributed by atoms with Crippen LogP contribution in [0.5, 0.6) is 0 Å². The molecule has 0 rings (SSSR count). The van der Waals surface area contributed by atoms with E-state index in [1.54, 1.807) is 0 Å². The standard InChI is InChI=1S/C44H82NO8P/c1-3-5-7-9-11-13-15-17-18-19-20-21-22-23-24-25-27-29-31-33-35-37-44(47)53-42(41-52-54(48,49)51-39-38-45)40-50-43(46)36-34-32-30-28-26-16-14-12-10-8-6-4-2/h15,17,19-20,22-23,42H,3-14,16,18,21,24-41,45H2,1-2H3,(H,48,49)/b17-15-,20-19-,23-22-. The molecule has 0 aliphatic heterocycles. The highest BCUT2D eigenvalue weighted by molar-refractivity contribution is 7.47. The van der Waals surface area contributed by atoms with E-state index < -0.39 is 26.5 Å². The molecule has 0 radical (unpaired) electrons. The molecular weight excluding hydrogens is 701 g/mol. The van der Waals surface area contributed by atoms with Gasteiger partial charge in [0, 0.05) is 19.4 Å². The summed E-state index contributed by atoms with van der Waals surface area (Å²) in [7, 11) is -4.38. The van der Waals surface area contributed by atoms with Crippen molar-refractivity contribution in [2.45, 2.75) is 206 Å². The zero-order valence-corrected chi connectivity index (χ0v) is 35.6. The summed E-state index contributed by atoms with van der Waals surface area (Å²) in [5.41, 5.74) is 5.34. The lowest BCUT2D eigenvalue weighted by molar-refractivity contribution is -0.161. The number of carbonyl (C=O) groups excluding carboxylic acids is 2. The van der Waals surface area contributed by atoms with Gasteiger partial charge >= 0.3 is 19.8 Å². The van der Waals surface area contributed by atoms with Crippen molar-refractivity contribution in [1.29, 1.82) is 0 Å². The molecule has 0 amide bonds. The molecular formula is C44H82NO8P. The molecule has 0 heterocycles. The molecule has 0 aliphatic rings. The highest BCUT2D eigenvalue weighted by Gasteiger charge is 2.26. The van der Waals surface area contributed by atoms with E-state index in [1.807, 2.05) is 0 Å². The van der Waals surface area contributed by atoms with Crippen LogP contribution in [0.4, 0.5) is 0 Å². The van der Waals surface area contributed by atoms with Crippen molar-refractivity contribution in [2.75, 3.05) is 26.4 Å². The van der Waals surface area contributed by atoms with Crippen molar-refractivity contribution in [3.8, 4) is 0 Å². The normalized spacial score (nSPS) is 13.6. The molecule has 0 spiro atoms.